The molecule has 1 saturated carbocycles. The lowest BCUT2D eigenvalue weighted by atomic mass is 9.85. The lowest BCUT2D eigenvalue weighted by Gasteiger charge is -2.49. The van der Waals surface area contributed by atoms with Gasteiger partial charge in [0.25, 0.3) is 5.91 Å². The van der Waals surface area contributed by atoms with Gasteiger partial charge in [-0.3, -0.25) is 14.3 Å². The summed E-state index contributed by atoms with van der Waals surface area (Å²) < 4.78 is 26.6. The van der Waals surface area contributed by atoms with E-state index in [0.29, 0.717) is 30.9 Å². The molecule has 1 aromatic carbocycles. The molecule has 1 aromatic rings. The third kappa shape index (κ3) is 3.61. The van der Waals surface area contributed by atoms with Crippen molar-refractivity contribution < 1.29 is 18.0 Å². The molecule has 3 rings (SSSR count). The molecule has 1 heterocycles. The number of likely N-dealkylation sites (tertiary alicyclic amines) is 1. The van der Waals surface area contributed by atoms with Gasteiger partial charge in [-0.15, -0.1) is 0 Å². The number of hydrogen-bond acceptors (Lipinski definition) is 4. The van der Waals surface area contributed by atoms with Crippen molar-refractivity contribution >= 4 is 21.8 Å². The molecule has 1 aliphatic heterocycles. The van der Waals surface area contributed by atoms with Crippen LogP contribution in [0.3, 0.4) is 0 Å². The monoisotopic (exact) mass is 350 g/mol. The molecule has 0 spiro atoms. The summed E-state index contributed by atoms with van der Waals surface area (Å²) in [4.78, 5) is 26.2. The molecule has 2 aliphatic rings. The van der Waals surface area contributed by atoms with Crippen molar-refractivity contribution in [1.82, 2.24) is 9.62 Å². The van der Waals surface area contributed by atoms with Gasteiger partial charge in [0.1, 0.15) is 5.54 Å². The molecule has 1 atom stereocenters. The first-order chi connectivity index (χ1) is 11.3. The van der Waals surface area contributed by atoms with E-state index in [1.54, 1.807) is 37.3 Å². The molecule has 24 heavy (non-hydrogen) atoms. The topological polar surface area (TPSA) is 83.6 Å². The molecule has 0 radical (unpaired) electrons. The predicted octanol–water partition coefficient (Wildman–Crippen LogP) is 1.42. The summed E-state index contributed by atoms with van der Waals surface area (Å²) in [5.41, 5.74) is -0.450. The fourth-order valence-corrected chi connectivity index (χ4v) is 4.16. The summed E-state index contributed by atoms with van der Waals surface area (Å²) in [6, 6.07) is 8.68. The van der Waals surface area contributed by atoms with Crippen LogP contribution in [-0.4, -0.2) is 37.2 Å². The Labute approximate surface area is 142 Å². The van der Waals surface area contributed by atoms with Crippen LogP contribution in [-0.2, 0) is 25.4 Å². The zero-order chi connectivity index (χ0) is 17.4. The van der Waals surface area contributed by atoms with Crippen LogP contribution in [0.1, 0.15) is 38.2 Å². The smallest absolute Gasteiger partial charge is 0.259 e. The SMILES string of the molecule is CC1(C(=O)NS(=O)(=O)Cc2ccccc2)CCN1C(=O)CC1CC1. The van der Waals surface area contributed by atoms with E-state index in [4.69, 9.17) is 0 Å². The van der Waals surface area contributed by atoms with Crippen LogP contribution in [0.4, 0.5) is 0 Å². The van der Waals surface area contributed by atoms with Gasteiger partial charge in [0.2, 0.25) is 15.9 Å². The van der Waals surface area contributed by atoms with Crippen molar-refractivity contribution in [2.24, 2.45) is 5.92 Å². The first-order valence-corrected chi connectivity index (χ1v) is 9.85. The second-order valence-electron chi connectivity index (χ2n) is 6.89. The van der Waals surface area contributed by atoms with Crippen LogP contribution in [0.2, 0.25) is 0 Å². The molecule has 1 N–H and O–H groups in total. The molecule has 130 valence electrons. The molecule has 1 saturated heterocycles. The predicted molar refractivity (Wildman–Crippen MR) is 89.3 cm³/mol. The maximum atomic E-state index is 12.5. The van der Waals surface area contributed by atoms with E-state index in [1.807, 2.05) is 0 Å². The highest BCUT2D eigenvalue weighted by Gasteiger charge is 2.50. The van der Waals surface area contributed by atoms with Gasteiger partial charge in [0.15, 0.2) is 0 Å². The summed E-state index contributed by atoms with van der Waals surface area (Å²) in [7, 11) is -3.79. The number of sulfonamides is 1. The molecule has 1 aliphatic carbocycles. The quantitative estimate of drug-likeness (QED) is 0.841. The van der Waals surface area contributed by atoms with Crippen molar-refractivity contribution in [2.75, 3.05) is 6.54 Å². The van der Waals surface area contributed by atoms with Crippen LogP contribution in [0.5, 0.6) is 0 Å². The summed E-state index contributed by atoms with van der Waals surface area (Å²) in [6.45, 7) is 2.14. The Morgan fingerprint density at radius 2 is 1.92 bits per heavy atom. The highest BCUT2D eigenvalue weighted by molar-refractivity contribution is 7.89. The van der Waals surface area contributed by atoms with Crippen molar-refractivity contribution in [2.45, 2.75) is 43.9 Å². The molecule has 7 heteroatoms. The normalized spacial score (nSPS) is 23.5. The summed E-state index contributed by atoms with van der Waals surface area (Å²) in [6.07, 6.45) is 3.07. The van der Waals surface area contributed by atoms with Crippen molar-refractivity contribution in [1.29, 1.82) is 0 Å². The third-order valence-electron chi connectivity index (χ3n) is 4.82. The van der Waals surface area contributed by atoms with E-state index >= 15 is 0 Å². The lowest BCUT2D eigenvalue weighted by Crippen LogP contribution is -2.67. The Hall–Kier alpha value is -1.89. The zero-order valence-corrected chi connectivity index (χ0v) is 14.5. The molecule has 0 aromatic heterocycles. The number of carbonyl (C=O) groups is 2. The van der Waals surface area contributed by atoms with Gasteiger partial charge < -0.3 is 4.90 Å². The van der Waals surface area contributed by atoms with E-state index in [0.717, 1.165) is 12.8 Å². The summed E-state index contributed by atoms with van der Waals surface area (Å²) in [5, 5.41) is 0. The average Bonchev–Trinajstić information content (AvgIpc) is 3.29. The van der Waals surface area contributed by atoms with E-state index in [-0.39, 0.29) is 11.7 Å². The van der Waals surface area contributed by atoms with Crippen LogP contribution in [0.15, 0.2) is 30.3 Å². The van der Waals surface area contributed by atoms with E-state index in [9.17, 15) is 18.0 Å². The fraction of sp³-hybridized carbons (Fsp3) is 0.529. The molecule has 2 fully saturated rings. The van der Waals surface area contributed by atoms with Gasteiger partial charge in [-0.25, -0.2) is 8.42 Å². The summed E-state index contributed by atoms with van der Waals surface area (Å²) in [5.74, 6) is -0.492. The molecule has 6 nitrogen and oxygen atoms in total. The van der Waals surface area contributed by atoms with E-state index < -0.39 is 21.5 Å². The zero-order valence-electron chi connectivity index (χ0n) is 13.7. The number of hydrogen-bond donors (Lipinski definition) is 1. The second-order valence-corrected chi connectivity index (χ2v) is 8.61. The Kier molecular flexibility index (Phi) is 4.38. The van der Waals surface area contributed by atoms with Gasteiger partial charge >= 0.3 is 0 Å². The maximum Gasteiger partial charge on any atom is 0.259 e. The highest BCUT2D eigenvalue weighted by atomic mass is 32.2. The third-order valence-corrected chi connectivity index (χ3v) is 6.03. The van der Waals surface area contributed by atoms with Gasteiger partial charge in [0, 0.05) is 13.0 Å². The summed E-state index contributed by atoms with van der Waals surface area (Å²) >= 11 is 0. The number of nitrogens with zero attached hydrogens (tertiary/aromatic N) is 1. The number of amides is 2. The minimum absolute atomic E-state index is 0.0538. The van der Waals surface area contributed by atoms with Crippen LogP contribution >= 0.6 is 0 Å². The van der Waals surface area contributed by atoms with Crippen LogP contribution < -0.4 is 4.72 Å². The number of carbonyl (C=O) groups excluding carboxylic acids is 2. The van der Waals surface area contributed by atoms with Gasteiger partial charge in [-0.05, 0) is 37.7 Å². The molecule has 0 bridgehead atoms. The van der Waals surface area contributed by atoms with E-state index in [2.05, 4.69) is 4.72 Å². The average molecular weight is 350 g/mol. The standard InChI is InChI=1S/C17H22N2O4S/c1-17(9-10-19(17)15(20)11-13-7-8-13)16(21)18-24(22,23)12-14-5-3-2-4-6-14/h2-6,13H,7-12H2,1H3,(H,18,21). The van der Waals surface area contributed by atoms with Gasteiger partial charge in [0.05, 0.1) is 5.75 Å². The van der Waals surface area contributed by atoms with Crippen molar-refractivity contribution in [3.8, 4) is 0 Å². The van der Waals surface area contributed by atoms with Gasteiger partial charge in [-0.1, -0.05) is 30.3 Å². The Morgan fingerprint density at radius 3 is 2.46 bits per heavy atom. The van der Waals surface area contributed by atoms with Crippen LogP contribution in [0, 0.1) is 5.92 Å². The minimum Gasteiger partial charge on any atom is -0.328 e. The number of nitrogens with one attached hydrogen (secondary N) is 1. The fourth-order valence-electron chi connectivity index (χ4n) is 2.96. The van der Waals surface area contributed by atoms with Crippen LogP contribution in [0.25, 0.3) is 0 Å². The van der Waals surface area contributed by atoms with E-state index in [1.165, 1.54) is 4.90 Å². The molecule has 2 amide bonds. The molecular formula is C17H22N2O4S. The molecular weight excluding hydrogens is 328 g/mol. The lowest BCUT2D eigenvalue weighted by molar-refractivity contribution is -0.156. The van der Waals surface area contributed by atoms with Gasteiger partial charge in [-0.2, -0.15) is 0 Å². The Balaban J connectivity index is 1.63. The highest BCUT2D eigenvalue weighted by Crippen LogP contribution is 2.37. The second kappa shape index (κ2) is 6.20. The minimum atomic E-state index is -3.79. The Morgan fingerprint density at radius 1 is 1.25 bits per heavy atom. The first-order valence-electron chi connectivity index (χ1n) is 8.19. The Bertz CT molecular complexity index is 743. The van der Waals surface area contributed by atoms with Crippen molar-refractivity contribution in [3.63, 3.8) is 0 Å². The first kappa shape index (κ1) is 17.0. The largest absolute Gasteiger partial charge is 0.328 e. The number of benzene rings is 1. The van der Waals surface area contributed by atoms with Crippen molar-refractivity contribution in [3.05, 3.63) is 35.9 Å². The molecule has 1 unspecified atom stereocenters. The maximum absolute atomic E-state index is 12.5. The number of rotatable bonds is 6.